The van der Waals surface area contributed by atoms with Gasteiger partial charge in [0, 0.05) is 12.5 Å². The van der Waals surface area contributed by atoms with Crippen LogP contribution in [0.4, 0.5) is 0 Å². The van der Waals surface area contributed by atoms with E-state index in [9.17, 15) is 5.11 Å². The first-order valence-electron chi connectivity index (χ1n) is 5.23. The Morgan fingerprint density at radius 2 is 2.15 bits per heavy atom. The minimum Gasteiger partial charge on any atom is -0.396 e. The molecule has 0 aromatic rings. The van der Waals surface area contributed by atoms with E-state index in [-0.39, 0.29) is 12.7 Å². The molecule has 76 valence electrons. The fraction of sp³-hybridized carbons (Fsp3) is 1.00. The third kappa shape index (κ3) is 1.73. The lowest BCUT2D eigenvalue weighted by Crippen LogP contribution is -2.25. The molecule has 1 saturated carbocycles. The minimum atomic E-state index is -0.254. The maximum atomic E-state index is 9.68. The smallest absolute Gasteiger partial charge is 0.0829 e. The summed E-state index contributed by atoms with van der Waals surface area (Å²) in [7, 11) is 0. The summed E-state index contributed by atoms with van der Waals surface area (Å²) in [6.45, 7) is 0.787. The van der Waals surface area contributed by atoms with Gasteiger partial charge < -0.3 is 14.9 Å². The Morgan fingerprint density at radius 3 is 2.92 bits per heavy atom. The van der Waals surface area contributed by atoms with Crippen LogP contribution in [0.25, 0.3) is 0 Å². The van der Waals surface area contributed by atoms with Gasteiger partial charge in [0.25, 0.3) is 0 Å². The maximum Gasteiger partial charge on any atom is 0.0829 e. The number of fused-ring (bicyclic) bond motifs is 1. The standard InChI is InChI=1S/C10H18O3/c11-5-1-2-7-3-4-9-10(7)8(12)6-13-9/h7-12H,1-6H2. The lowest BCUT2D eigenvalue weighted by molar-refractivity contribution is 0.0848. The lowest BCUT2D eigenvalue weighted by atomic mass is 9.88. The Morgan fingerprint density at radius 1 is 1.31 bits per heavy atom. The quantitative estimate of drug-likeness (QED) is 0.676. The summed E-state index contributed by atoms with van der Waals surface area (Å²) in [5, 5.41) is 18.4. The van der Waals surface area contributed by atoms with Crippen molar-refractivity contribution in [2.75, 3.05) is 13.2 Å². The highest BCUT2D eigenvalue weighted by Crippen LogP contribution is 2.42. The molecule has 2 fully saturated rings. The van der Waals surface area contributed by atoms with Crippen LogP contribution in [-0.4, -0.2) is 35.6 Å². The molecule has 2 rings (SSSR count). The molecule has 0 spiro atoms. The third-order valence-corrected chi connectivity index (χ3v) is 3.45. The molecule has 1 saturated heterocycles. The van der Waals surface area contributed by atoms with Crippen LogP contribution in [0.1, 0.15) is 25.7 Å². The average Bonchev–Trinajstić information content (AvgIpc) is 2.67. The predicted molar refractivity (Wildman–Crippen MR) is 48.3 cm³/mol. The van der Waals surface area contributed by atoms with Crippen molar-refractivity contribution in [3.8, 4) is 0 Å². The van der Waals surface area contributed by atoms with Crippen LogP contribution in [0.15, 0.2) is 0 Å². The first-order valence-corrected chi connectivity index (χ1v) is 5.23. The number of aliphatic hydroxyl groups excluding tert-OH is 2. The minimum absolute atomic E-state index is 0.254. The van der Waals surface area contributed by atoms with Crippen LogP contribution in [0.3, 0.4) is 0 Å². The Balaban J connectivity index is 1.90. The van der Waals surface area contributed by atoms with Crippen molar-refractivity contribution in [1.82, 2.24) is 0 Å². The highest BCUT2D eigenvalue weighted by Gasteiger charge is 2.45. The maximum absolute atomic E-state index is 9.68. The van der Waals surface area contributed by atoms with E-state index in [0.717, 1.165) is 25.7 Å². The molecule has 2 N–H and O–H groups in total. The van der Waals surface area contributed by atoms with Crippen molar-refractivity contribution < 1.29 is 14.9 Å². The molecule has 0 amide bonds. The van der Waals surface area contributed by atoms with E-state index in [0.29, 0.717) is 24.5 Å². The lowest BCUT2D eigenvalue weighted by Gasteiger charge is -2.19. The van der Waals surface area contributed by atoms with Crippen LogP contribution in [0.5, 0.6) is 0 Å². The molecular weight excluding hydrogens is 168 g/mol. The zero-order valence-electron chi connectivity index (χ0n) is 7.85. The van der Waals surface area contributed by atoms with E-state index in [1.165, 1.54) is 0 Å². The Kier molecular flexibility index (Phi) is 2.86. The Bertz CT molecular complexity index is 172. The van der Waals surface area contributed by atoms with Crippen molar-refractivity contribution in [2.45, 2.75) is 37.9 Å². The van der Waals surface area contributed by atoms with E-state index in [2.05, 4.69) is 0 Å². The molecule has 3 heteroatoms. The van der Waals surface area contributed by atoms with Gasteiger partial charge in [-0.05, 0) is 31.6 Å². The van der Waals surface area contributed by atoms with Crippen LogP contribution in [0, 0.1) is 11.8 Å². The van der Waals surface area contributed by atoms with Gasteiger partial charge in [0.15, 0.2) is 0 Å². The first-order chi connectivity index (χ1) is 6.33. The summed E-state index contributed by atoms with van der Waals surface area (Å²) >= 11 is 0. The number of hydrogen-bond acceptors (Lipinski definition) is 3. The van der Waals surface area contributed by atoms with Crippen molar-refractivity contribution in [1.29, 1.82) is 0 Å². The van der Waals surface area contributed by atoms with Gasteiger partial charge in [-0.1, -0.05) is 0 Å². The van der Waals surface area contributed by atoms with E-state index < -0.39 is 0 Å². The van der Waals surface area contributed by atoms with Gasteiger partial charge in [-0.3, -0.25) is 0 Å². The number of aliphatic hydroxyl groups is 2. The van der Waals surface area contributed by atoms with Crippen molar-refractivity contribution in [3.05, 3.63) is 0 Å². The summed E-state index contributed by atoms with van der Waals surface area (Å²) in [4.78, 5) is 0. The topological polar surface area (TPSA) is 49.7 Å². The highest BCUT2D eigenvalue weighted by molar-refractivity contribution is 4.93. The Hall–Kier alpha value is -0.120. The second kappa shape index (κ2) is 3.95. The predicted octanol–water partition coefficient (Wildman–Crippen LogP) is 0.545. The van der Waals surface area contributed by atoms with Gasteiger partial charge in [-0.25, -0.2) is 0 Å². The number of ether oxygens (including phenoxy) is 1. The highest BCUT2D eigenvalue weighted by atomic mass is 16.5. The second-order valence-corrected chi connectivity index (χ2v) is 4.22. The molecule has 0 aromatic heterocycles. The number of rotatable bonds is 3. The van der Waals surface area contributed by atoms with Crippen LogP contribution < -0.4 is 0 Å². The molecule has 0 bridgehead atoms. The molecule has 13 heavy (non-hydrogen) atoms. The van der Waals surface area contributed by atoms with Crippen LogP contribution in [-0.2, 0) is 4.74 Å². The van der Waals surface area contributed by atoms with Gasteiger partial charge in [-0.2, -0.15) is 0 Å². The van der Waals surface area contributed by atoms with E-state index >= 15 is 0 Å². The zero-order valence-corrected chi connectivity index (χ0v) is 7.85. The summed E-state index contributed by atoms with van der Waals surface area (Å²) in [6.07, 6.45) is 4.21. The van der Waals surface area contributed by atoms with E-state index in [1.807, 2.05) is 0 Å². The van der Waals surface area contributed by atoms with Crippen LogP contribution >= 0.6 is 0 Å². The molecule has 3 nitrogen and oxygen atoms in total. The van der Waals surface area contributed by atoms with E-state index in [1.54, 1.807) is 0 Å². The van der Waals surface area contributed by atoms with E-state index in [4.69, 9.17) is 9.84 Å². The van der Waals surface area contributed by atoms with Gasteiger partial charge in [0.2, 0.25) is 0 Å². The van der Waals surface area contributed by atoms with Crippen molar-refractivity contribution in [2.24, 2.45) is 11.8 Å². The van der Waals surface area contributed by atoms with Crippen molar-refractivity contribution in [3.63, 3.8) is 0 Å². The summed E-state index contributed by atoms with van der Waals surface area (Å²) < 4.78 is 5.49. The molecule has 1 aliphatic carbocycles. The third-order valence-electron chi connectivity index (χ3n) is 3.45. The molecule has 4 atom stereocenters. The Labute approximate surface area is 78.7 Å². The summed E-state index contributed by atoms with van der Waals surface area (Å²) in [5.74, 6) is 0.932. The second-order valence-electron chi connectivity index (χ2n) is 4.22. The largest absolute Gasteiger partial charge is 0.396 e. The summed E-state index contributed by atoms with van der Waals surface area (Å²) in [5.41, 5.74) is 0. The average molecular weight is 186 g/mol. The summed E-state index contributed by atoms with van der Waals surface area (Å²) in [6, 6.07) is 0. The fourth-order valence-corrected chi connectivity index (χ4v) is 2.85. The monoisotopic (exact) mass is 186 g/mol. The van der Waals surface area contributed by atoms with Gasteiger partial charge in [-0.15, -0.1) is 0 Å². The molecular formula is C10H18O3. The van der Waals surface area contributed by atoms with Gasteiger partial charge in [0.05, 0.1) is 18.8 Å². The molecule has 1 aliphatic heterocycles. The SMILES string of the molecule is OCCCC1CCC2OCC(O)C12. The zero-order chi connectivity index (χ0) is 9.26. The molecule has 0 aromatic carbocycles. The molecule has 1 heterocycles. The molecule has 2 aliphatic rings. The molecule has 4 unspecified atom stereocenters. The first kappa shape index (κ1) is 9.44. The van der Waals surface area contributed by atoms with Gasteiger partial charge >= 0.3 is 0 Å². The number of hydrogen-bond donors (Lipinski definition) is 2. The van der Waals surface area contributed by atoms with Crippen molar-refractivity contribution >= 4 is 0 Å². The van der Waals surface area contributed by atoms with Crippen LogP contribution in [0.2, 0.25) is 0 Å². The molecule has 0 radical (unpaired) electrons. The van der Waals surface area contributed by atoms with Gasteiger partial charge in [0.1, 0.15) is 0 Å². The normalized spacial score (nSPS) is 43.8. The fourth-order valence-electron chi connectivity index (χ4n) is 2.85.